The minimum absolute atomic E-state index is 0.148. The third-order valence-corrected chi connectivity index (χ3v) is 3.36. The van der Waals surface area contributed by atoms with Crippen molar-refractivity contribution < 1.29 is 4.79 Å². The molecule has 0 unspecified atom stereocenters. The van der Waals surface area contributed by atoms with E-state index >= 15 is 0 Å². The van der Waals surface area contributed by atoms with E-state index in [0.717, 1.165) is 23.4 Å². The number of para-hydroxylation sites is 2. The average molecular weight is 292 g/mol. The summed E-state index contributed by atoms with van der Waals surface area (Å²) in [5.41, 5.74) is 2.74. The molecule has 0 aliphatic rings. The van der Waals surface area contributed by atoms with Crippen LogP contribution in [0.4, 0.5) is 5.69 Å². The Morgan fingerprint density at radius 2 is 1.82 bits per heavy atom. The van der Waals surface area contributed by atoms with Gasteiger partial charge in [-0.2, -0.15) is 0 Å². The second-order valence-electron chi connectivity index (χ2n) is 4.81. The lowest BCUT2D eigenvalue weighted by atomic mass is 10.1. The van der Waals surface area contributed by atoms with Gasteiger partial charge in [0.05, 0.1) is 5.69 Å². The fourth-order valence-electron chi connectivity index (χ4n) is 2.20. The largest absolute Gasteiger partial charge is 0.319 e. The highest BCUT2D eigenvalue weighted by Gasteiger charge is 2.13. The highest BCUT2D eigenvalue weighted by Crippen LogP contribution is 2.16. The quantitative estimate of drug-likeness (QED) is 0.804. The van der Waals surface area contributed by atoms with Crippen LogP contribution in [-0.2, 0) is 6.42 Å². The molecular weight excluding hydrogens is 276 g/mol. The molecule has 0 atom stereocenters. The number of carbonyl (C=O) groups excluding carboxylic acids is 1. The Morgan fingerprint density at radius 1 is 1.09 bits per heavy atom. The number of benzene rings is 2. The van der Waals surface area contributed by atoms with Crippen LogP contribution in [0.5, 0.6) is 0 Å². The van der Waals surface area contributed by atoms with E-state index in [1.165, 1.54) is 6.33 Å². The molecule has 2 aromatic carbocycles. The summed E-state index contributed by atoms with van der Waals surface area (Å²) in [5, 5.41) is 7.09. The normalized spacial score (nSPS) is 10.4. The first-order valence-electron chi connectivity index (χ1n) is 7.14. The van der Waals surface area contributed by atoms with E-state index in [-0.39, 0.29) is 11.7 Å². The van der Waals surface area contributed by atoms with Crippen molar-refractivity contribution in [2.24, 2.45) is 0 Å². The number of hydrogen-bond acceptors (Lipinski definition) is 3. The van der Waals surface area contributed by atoms with Gasteiger partial charge in [0.2, 0.25) is 5.82 Å². The SMILES string of the molecule is CCc1ccccc1NC(=O)c1ncn(-c2ccccc2)n1. The van der Waals surface area contributed by atoms with Gasteiger partial charge in [-0.05, 0) is 30.2 Å². The maximum absolute atomic E-state index is 12.3. The first kappa shape index (κ1) is 14.0. The van der Waals surface area contributed by atoms with E-state index in [2.05, 4.69) is 15.4 Å². The van der Waals surface area contributed by atoms with Crippen molar-refractivity contribution in [3.8, 4) is 5.69 Å². The zero-order valence-electron chi connectivity index (χ0n) is 12.2. The number of nitrogens with zero attached hydrogens (tertiary/aromatic N) is 3. The van der Waals surface area contributed by atoms with Gasteiger partial charge in [0.15, 0.2) is 0 Å². The van der Waals surface area contributed by atoms with Crippen molar-refractivity contribution >= 4 is 11.6 Å². The predicted octanol–water partition coefficient (Wildman–Crippen LogP) is 3.08. The minimum Gasteiger partial charge on any atom is -0.319 e. The fourth-order valence-corrected chi connectivity index (χ4v) is 2.20. The summed E-state index contributed by atoms with van der Waals surface area (Å²) in [4.78, 5) is 16.4. The summed E-state index contributed by atoms with van der Waals surface area (Å²) in [6, 6.07) is 17.3. The molecule has 22 heavy (non-hydrogen) atoms. The molecule has 0 saturated heterocycles. The Labute approximate surface area is 128 Å². The third-order valence-electron chi connectivity index (χ3n) is 3.36. The van der Waals surface area contributed by atoms with Crippen molar-refractivity contribution in [3.05, 3.63) is 72.3 Å². The van der Waals surface area contributed by atoms with Crippen LogP contribution in [0.3, 0.4) is 0 Å². The van der Waals surface area contributed by atoms with Crippen LogP contribution >= 0.6 is 0 Å². The van der Waals surface area contributed by atoms with Crippen LogP contribution in [-0.4, -0.2) is 20.7 Å². The molecule has 0 saturated carbocycles. The van der Waals surface area contributed by atoms with Crippen LogP contribution in [0.15, 0.2) is 60.9 Å². The van der Waals surface area contributed by atoms with E-state index in [0.29, 0.717) is 0 Å². The molecule has 0 bridgehead atoms. The summed E-state index contributed by atoms with van der Waals surface area (Å²) >= 11 is 0. The molecule has 110 valence electrons. The van der Waals surface area contributed by atoms with Gasteiger partial charge in [0.1, 0.15) is 6.33 Å². The first-order chi connectivity index (χ1) is 10.8. The number of nitrogens with one attached hydrogen (secondary N) is 1. The van der Waals surface area contributed by atoms with Crippen LogP contribution in [0.1, 0.15) is 23.1 Å². The molecule has 1 aromatic heterocycles. The molecule has 3 aromatic rings. The van der Waals surface area contributed by atoms with Gasteiger partial charge in [-0.1, -0.05) is 43.3 Å². The lowest BCUT2D eigenvalue weighted by molar-refractivity contribution is 0.101. The van der Waals surface area contributed by atoms with Gasteiger partial charge in [0.25, 0.3) is 5.91 Å². The molecule has 1 N–H and O–H groups in total. The molecular formula is C17H16N4O. The molecule has 0 fully saturated rings. The van der Waals surface area contributed by atoms with Gasteiger partial charge in [-0.15, -0.1) is 5.10 Å². The lowest BCUT2D eigenvalue weighted by Gasteiger charge is -2.07. The van der Waals surface area contributed by atoms with Crippen LogP contribution in [0, 0.1) is 0 Å². The van der Waals surface area contributed by atoms with E-state index in [4.69, 9.17) is 0 Å². The Balaban J connectivity index is 1.80. The van der Waals surface area contributed by atoms with Gasteiger partial charge in [-0.25, -0.2) is 9.67 Å². The van der Waals surface area contributed by atoms with Gasteiger partial charge in [-0.3, -0.25) is 4.79 Å². The van der Waals surface area contributed by atoms with E-state index in [1.807, 2.05) is 61.5 Å². The maximum atomic E-state index is 12.3. The number of rotatable bonds is 4. The Hall–Kier alpha value is -2.95. The average Bonchev–Trinajstić information content (AvgIpc) is 3.06. The Bertz CT molecular complexity index is 780. The van der Waals surface area contributed by atoms with Crippen molar-refractivity contribution in [2.45, 2.75) is 13.3 Å². The summed E-state index contributed by atoms with van der Waals surface area (Å²) in [7, 11) is 0. The van der Waals surface area contributed by atoms with Gasteiger partial charge in [0, 0.05) is 5.69 Å². The van der Waals surface area contributed by atoms with Crippen molar-refractivity contribution in [2.75, 3.05) is 5.32 Å². The van der Waals surface area contributed by atoms with Crippen LogP contribution in [0.2, 0.25) is 0 Å². The number of amides is 1. The topological polar surface area (TPSA) is 59.8 Å². The first-order valence-corrected chi connectivity index (χ1v) is 7.14. The molecule has 0 spiro atoms. The Morgan fingerprint density at radius 3 is 2.59 bits per heavy atom. The maximum Gasteiger partial charge on any atom is 0.295 e. The Kier molecular flexibility index (Phi) is 3.96. The van der Waals surface area contributed by atoms with Crippen LogP contribution in [0.25, 0.3) is 5.69 Å². The zero-order chi connectivity index (χ0) is 15.4. The number of carbonyl (C=O) groups is 1. The summed E-state index contributed by atoms with van der Waals surface area (Å²) in [5.74, 6) is -0.162. The van der Waals surface area contributed by atoms with Crippen LogP contribution < -0.4 is 5.32 Å². The molecule has 5 nitrogen and oxygen atoms in total. The highest BCUT2D eigenvalue weighted by atomic mass is 16.2. The monoisotopic (exact) mass is 292 g/mol. The van der Waals surface area contributed by atoms with Gasteiger partial charge < -0.3 is 5.32 Å². The molecule has 0 radical (unpaired) electrons. The van der Waals surface area contributed by atoms with E-state index < -0.39 is 0 Å². The van der Waals surface area contributed by atoms with Crippen molar-refractivity contribution in [1.82, 2.24) is 14.8 Å². The molecule has 1 amide bonds. The second-order valence-corrected chi connectivity index (χ2v) is 4.81. The number of aromatic nitrogens is 3. The standard InChI is InChI=1S/C17H16N4O/c1-2-13-8-6-7-11-15(13)19-17(22)16-18-12-21(20-16)14-9-4-3-5-10-14/h3-12H,2H2,1H3,(H,19,22). The molecule has 3 rings (SSSR count). The van der Waals surface area contributed by atoms with Crippen molar-refractivity contribution in [3.63, 3.8) is 0 Å². The van der Waals surface area contributed by atoms with Crippen molar-refractivity contribution in [1.29, 1.82) is 0 Å². The number of aryl methyl sites for hydroxylation is 1. The predicted molar refractivity (Wildman–Crippen MR) is 85.1 cm³/mol. The highest BCUT2D eigenvalue weighted by molar-refractivity contribution is 6.01. The number of anilines is 1. The van der Waals surface area contributed by atoms with E-state index in [1.54, 1.807) is 4.68 Å². The summed E-state index contributed by atoms with van der Waals surface area (Å²) < 4.78 is 1.58. The third kappa shape index (κ3) is 2.88. The fraction of sp³-hybridized carbons (Fsp3) is 0.118. The van der Waals surface area contributed by atoms with Gasteiger partial charge >= 0.3 is 0 Å². The smallest absolute Gasteiger partial charge is 0.295 e. The summed E-state index contributed by atoms with van der Waals surface area (Å²) in [6.07, 6.45) is 2.39. The second kappa shape index (κ2) is 6.22. The molecule has 1 heterocycles. The zero-order valence-corrected chi connectivity index (χ0v) is 12.2. The minimum atomic E-state index is -0.310. The molecule has 5 heteroatoms. The lowest BCUT2D eigenvalue weighted by Crippen LogP contribution is -2.15. The summed E-state index contributed by atoms with van der Waals surface area (Å²) in [6.45, 7) is 2.05. The molecule has 0 aliphatic heterocycles. The van der Waals surface area contributed by atoms with E-state index in [9.17, 15) is 4.79 Å². The molecule has 0 aliphatic carbocycles. The number of hydrogen-bond donors (Lipinski definition) is 1.